The van der Waals surface area contributed by atoms with Crippen molar-refractivity contribution in [2.45, 2.75) is 18.4 Å². The molecule has 0 radical (unpaired) electrons. The fourth-order valence-corrected chi connectivity index (χ4v) is 4.25. The van der Waals surface area contributed by atoms with Crippen LogP contribution in [0.15, 0.2) is 35.2 Å². The van der Waals surface area contributed by atoms with E-state index >= 15 is 0 Å². The predicted molar refractivity (Wildman–Crippen MR) is 99.4 cm³/mol. The van der Waals surface area contributed by atoms with E-state index in [-0.39, 0.29) is 21.5 Å². The largest absolute Gasteiger partial charge is 0.493 e. The number of aryl methyl sites for hydroxylation is 1. The van der Waals surface area contributed by atoms with E-state index in [1.807, 2.05) is 6.92 Å². The molecule has 2 rings (SSSR count). The zero-order chi connectivity index (χ0) is 18.8. The molecule has 25 heavy (non-hydrogen) atoms. The lowest BCUT2D eigenvalue weighted by molar-refractivity contribution is 0.353. The van der Waals surface area contributed by atoms with Gasteiger partial charge in [0.1, 0.15) is 4.90 Å². The summed E-state index contributed by atoms with van der Waals surface area (Å²) < 4.78 is 37.4. The SMILES string of the molecule is COc1cc(C)c(CN(C)S(=O)(=O)c2cccc(Cl)c2Cl)cc1OC. The van der Waals surface area contributed by atoms with Crippen molar-refractivity contribution in [3.05, 3.63) is 51.5 Å². The Morgan fingerprint density at radius 1 is 1.08 bits per heavy atom. The Morgan fingerprint density at radius 3 is 2.28 bits per heavy atom. The first-order valence-corrected chi connectivity index (χ1v) is 9.53. The molecular weight excluding hydrogens is 385 g/mol. The highest BCUT2D eigenvalue weighted by Crippen LogP contribution is 2.33. The van der Waals surface area contributed by atoms with E-state index in [1.165, 1.54) is 24.5 Å². The lowest BCUT2D eigenvalue weighted by atomic mass is 10.1. The topological polar surface area (TPSA) is 55.8 Å². The number of rotatable bonds is 6. The number of methoxy groups -OCH3 is 2. The van der Waals surface area contributed by atoms with Gasteiger partial charge >= 0.3 is 0 Å². The summed E-state index contributed by atoms with van der Waals surface area (Å²) in [6.07, 6.45) is 0. The maximum Gasteiger partial charge on any atom is 0.244 e. The molecule has 8 heteroatoms. The van der Waals surface area contributed by atoms with Crippen molar-refractivity contribution in [1.29, 1.82) is 0 Å². The number of hydrogen-bond acceptors (Lipinski definition) is 4. The van der Waals surface area contributed by atoms with E-state index in [9.17, 15) is 8.42 Å². The van der Waals surface area contributed by atoms with Crippen molar-refractivity contribution >= 4 is 33.2 Å². The van der Waals surface area contributed by atoms with Gasteiger partial charge in [0.2, 0.25) is 10.0 Å². The van der Waals surface area contributed by atoms with Gasteiger partial charge in [0.15, 0.2) is 11.5 Å². The summed E-state index contributed by atoms with van der Waals surface area (Å²) in [6, 6.07) is 8.10. The Balaban J connectivity index is 2.39. The summed E-state index contributed by atoms with van der Waals surface area (Å²) >= 11 is 12.0. The fourth-order valence-electron chi connectivity index (χ4n) is 2.37. The summed E-state index contributed by atoms with van der Waals surface area (Å²) in [5, 5.41) is 0.207. The summed E-state index contributed by atoms with van der Waals surface area (Å²) in [7, 11) is 0.773. The zero-order valence-corrected chi connectivity index (χ0v) is 16.7. The summed E-state index contributed by atoms with van der Waals surface area (Å²) in [5.74, 6) is 1.13. The zero-order valence-electron chi connectivity index (χ0n) is 14.3. The normalized spacial score (nSPS) is 11.6. The van der Waals surface area contributed by atoms with Gasteiger partial charge in [0.05, 0.1) is 24.3 Å². The highest BCUT2D eigenvalue weighted by atomic mass is 35.5. The number of nitrogens with zero attached hydrogens (tertiary/aromatic N) is 1. The van der Waals surface area contributed by atoms with E-state index < -0.39 is 10.0 Å². The Labute approximate surface area is 158 Å². The predicted octanol–water partition coefficient (Wildman–Crippen LogP) is 4.14. The minimum Gasteiger partial charge on any atom is -0.493 e. The van der Waals surface area contributed by atoms with E-state index in [4.69, 9.17) is 32.7 Å². The summed E-state index contributed by atoms with van der Waals surface area (Å²) in [6.45, 7) is 2.03. The third kappa shape index (κ3) is 4.03. The molecule has 0 N–H and O–H groups in total. The molecule has 0 spiro atoms. The van der Waals surface area contributed by atoms with Crippen molar-refractivity contribution in [1.82, 2.24) is 4.31 Å². The number of benzene rings is 2. The van der Waals surface area contributed by atoms with E-state index in [1.54, 1.807) is 31.4 Å². The van der Waals surface area contributed by atoms with Gasteiger partial charge in [0.25, 0.3) is 0 Å². The highest BCUT2D eigenvalue weighted by molar-refractivity contribution is 7.89. The molecule has 0 fully saturated rings. The number of halogens is 2. The van der Waals surface area contributed by atoms with Crippen molar-refractivity contribution < 1.29 is 17.9 Å². The molecule has 0 saturated heterocycles. The van der Waals surface area contributed by atoms with Crippen LogP contribution in [0.4, 0.5) is 0 Å². The van der Waals surface area contributed by atoms with Crippen LogP contribution in [0.3, 0.4) is 0 Å². The van der Waals surface area contributed by atoms with Gasteiger partial charge in [-0.25, -0.2) is 8.42 Å². The minimum absolute atomic E-state index is 0.0139. The van der Waals surface area contributed by atoms with E-state index in [0.29, 0.717) is 11.5 Å². The quantitative estimate of drug-likeness (QED) is 0.726. The first-order valence-electron chi connectivity index (χ1n) is 7.34. The van der Waals surface area contributed by atoms with Crippen LogP contribution in [-0.2, 0) is 16.6 Å². The van der Waals surface area contributed by atoms with Gasteiger partial charge in [-0.1, -0.05) is 29.3 Å². The van der Waals surface area contributed by atoms with Gasteiger partial charge < -0.3 is 9.47 Å². The maximum atomic E-state index is 12.8. The molecule has 0 aliphatic rings. The van der Waals surface area contributed by atoms with Crippen molar-refractivity contribution in [2.24, 2.45) is 0 Å². The molecule has 0 aliphatic carbocycles. The summed E-state index contributed by atoms with van der Waals surface area (Å²) in [5.41, 5.74) is 1.68. The minimum atomic E-state index is -3.80. The molecule has 0 saturated carbocycles. The van der Waals surface area contributed by atoms with Crippen LogP contribution in [0.1, 0.15) is 11.1 Å². The first kappa shape index (κ1) is 19.8. The van der Waals surface area contributed by atoms with Gasteiger partial charge in [-0.2, -0.15) is 4.31 Å². The molecule has 136 valence electrons. The molecule has 2 aromatic rings. The van der Waals surface area contributed by atoms with Crippen LogP contribution >= 0.6 is 23.2 Å². The van der Waals surface area contributed by atoms with Gasteiger partial charge in [-0.3, -0.25) is 0 Å². The second-order valence-electron chi connectivity index (χ2n) is 5.45. The average molecular weight is 404 g/mol. The first-order chi connectivity index (χ1) is 11.7. The number of sulfonamides is 1. The fraction of sp³-hybridized carbons (Fsp3) is 0.294. The Kier molecular flexibility index (Phi) is 6.21. The second kappa shape index (κ2) is 7.83. The molecule has 0 bridgehead atoms. The standard InChI is InChI=1S/C17H19Cl2NO4S/c1-11-8-14(23-3)15(24-4)9-12(11)10-20(2)25(21,22)16-7-5-6-13(18)17(16)19/h5-9H,10H2,1-4H3. The molecule has 0 unspecified atom stereocenters. The van der Waals surface area contributed by atoms with Crippen LogP contribution in [-0.4, -0.2) is 34.0 Å². The second-order valence-corrected chi connectivity index (χ2v) is 8.25. The summed E-state index contributed by atoms with van der Waals surface area (Å²) in [4.78, 5) is -0.0257. The molecule has 5 nitrogen and oxygen atoms in total. The molecule has 0 atom stereocenters. The van der Waals surface area contributed by atoms with Gasteiger partial charge in [-0.05, 0) is 42.3 Å². The molecular formula is C17H19Cl2NO4S. The smallest absolute Gasteiger partial charge is 0.244 e. The molecule has 0 aliphatic heterocycles. The Morgan fingerprint density at radius 2 is 1.68 bits per heavy atom. The van der Waals surface area contributed by atoms with Crippen LogP contribution in [0, 0.1) is 6.92 Å². The third-order valence-corrected chi connectivity index (χ3v) is 6.62. The van der Waals surface area contributed by atoms with Crippen LogP contribution in [0.25, 0.3) is 0 Å². The van der Waals surface area contributed by atoms with Crippen LogP contribution < -0.4 is 9.47 Å². The lowest BCUT2D eigenvalue weighted by Crippen LogP contribution is -2.27. The third-order valence-electron chi connectivity index (χ3n) is 3.84. The average Bonchev–Trinajstić information content (AvgIpc) is 2.58. The highest BCUT2D eigenvalue weighted by Gasteiger charge is 2.25. The van der Waals surface area contributed by atoms with Crippen LogP contribution in [0.5, 0.6) is 11.5 Å². The van der Waals surface area contributed by atoms with Crippen molar-refractivity contribution in [3.63, 3.8) is 0 Å². The Hall–Kier alpha value is -1.47. The van der Waals surface area contributed by atoms with Gasteiger partial charge in [-0.15, -0.1) is 0 Å². The van der Waals surface area contributed by atoms with Crippen LogP contribution in [0.2, 0.25) is 10.0 Å². The molecule has 0 aromatic heterocycles. The number of hydrogen-bond donors (Lipinski definition) is 0. The van der Waals surface area contributed by atoms with E-state index in [0.717, 1.165) is 11.1 Å². The molecule has 0 amide bonds. The Bertz CT molecular complexity index is 884. The number of ether oxygens (including phenoxy) is 2. The molecule has 2 aromatic carbocycles. The lowest BCUT2D eigenvalue weighted by Gasteiger charge is -2.20. The molecule has 0 heterocycles. The van der Waals surface area contributed by atoms with Crippen molar-refractivity contribution in [3.8, 4) is 11.5 Å². The maximum absolute atomic E-state index is 12.8. The monoisotopic (exact) mass is 403 g/mol. The van der Waals surface area contributed by atoms with E-state index in [2.05, 4.69) is 0 Å². The van der Waals surface area contributed by atoms with Gasteiger partial charge in [0, 0.05) is 13.6 Å². The van der Waals surface area contributed by atoms with Crippen molar-refractivity contribution in [2.75, 3.05) is 21.3 Å².